The van der Waals surface area contributed by atoms with E-state index in [9.17, 15) is 13.2 Å². The summed E-state index contributed by atoms with van der Waals surface area (Å²) in [6.45, 7) is 7.71. The fourth-order valence-electron chi connectivity index (χ4n) is 1.79. The van der Waals surface area contributed by atoms with E-state index < -0.39 is 18.3 Å². The molecule has 0 aromatic heterocycles. The zero-order valence-electron chi connectivity index (χ0n) is 12.3. The summed E-state index contributed by atoms with van der Waals surface area (Å²) in [5.41, 5.74) is 6.49. The van der Waals surface area contributed by atoms with Crippen molar-refractivity contribution in [2.24, 2.45) is 5.73 Å². The molecular formula is C15H22F3NO. The largest absolute Gasteiger partial charge is 0.479 e. The Hall–Kier alpha value is -1.23. The number of benzene rings is 1. The van der Waals surface area contributed by atoms with E-state index >= 15 is 0 Å². The Balaban J connectivity index is 2.90. The molecule has 0 radical (unpaired) electrons. The van der Waals surface area contributed by atoms with Crippen LogP contribution in [-0.4, -0.2) is 18.3 Å². The molecule has 2 N–H and O–H groups in total. The molecule has 2 unspecified atom stereocenters. The van der Waals surface area contributed by atoms with Gasteiger partial charge in [-0.3, -0.25) is 0 Å². The van der Waals surface area contributed by atoms with Crippen molar-refractivity contribution in [2.75, 3.05) is 0 Å². The van der Waals surface area contributed by atoms with Gasteiger partial charge in [-0.05, 0) is 29.5 Å². The van der Waals surface area contributed by atoms with Crippen LogP contribution >= 0.6 is 0 Å². The lowest BCUT2D eigenvalue weighted by atomic mass is 9.87. The maximum atomic E-state index is 12.9. The third-order valence-corrected chi connectivity index (χ3v) is 3.17. The van der Waals surface area contributed by atoms with Crippen LogP contribution in [0, 0.1) is 0 Å². The van der Waals surface area contributed by atoms with Crippen LogP contribution in [0.1, 0.15) is 39.7 Å². The number of rotatable bonds is 4. The highest BCUT2D eigenvalue weighted by Crippen LogP contribution is 2.29. The smallest absolute Gasteiger partial charge is 0.426 e. The fraction of sp³-hybridized carbons (Fsp3) is 0.600. The van der Waals surface area contributed by atoms with Gasteiger partial charge >= 0.3 is 6.18 Å². The Morgan fingerprint density at radius 1 is 1.10 bits per heavy atom. The number of hydrogen-bond donors (Lipinski definition) is 1. The average molecular weight is 289 g/mol. The Kier molecular flexibility index (Phi) is 5.08. The summed E-state index contributed by atoms with van der Waals surface area (Å²) in [7, 11) is 0. The van der Waals surface area contributed by atoms with Crippen LogP contribution in [0.2, 0.25) is 0 Å². The second-order valence-corrected chi connectivity index (χ2v) is 5.93. The van der Waals surface area contributed by atoms with Gasteiger partial charge < -0.3 is 10.5 Å². The van der Waals surface area contributed by atoms with E-state index in [0.717, 1.165) is 5.56 Å². The molecule has 0 saturated heterocycles. The first-order valence-electron chi connectivity index (χ1n) is 6.65. The van der Waals surface area contributed by atoms with Crippen LogP contribution in [0.15, 0.2) is 24.3 Å². The van der Waals surface area contributed by atoms with E-state index in [2.05, 4.69) is 0 Å². The molecule has 5 heteroatoms. The maximum Gasteiger partial charge on any atom is 0.426 e. The summed E-state index contributed by atoms with van der Waals surface area (Å²) in [5.74, 6) is 0.184. The predicted molar refractivity (Wildman–Crippen MR) is 73.9 cm³/mol. The molecule has 1 aromatic rings. The molecule has 0 amide bonds. The molecule has 0 fully saturated rings. The van der Waals surface area contributed by atoms with Crippen molar-refractivity contribution in [1.82, 2.24) is 0 Å². The number of alkyl halides is 3. The number of ether oxygens (including phenoxy) is 1. The summed E-state index contributed by atoms with van der Waals surface area (Å²) in [4.78, 5) is 0. The molecule has 114 valence electrons. The minimum atomic E-state index is -4.47. The second-order valence-electron chi connectivity index (χ2n) is 5.93. The highest BCUT2D eigenvalue weighted by molar-refractivity contribution is 5.31. The van der Waals surface area contributed by atoms with Crippen LogP contribution in [0.5, 0.6) is 5.75 Å². The lowest BCUT2D eigenvalue weighted by Crippen LogP contribution is -2.48. The molecule has 0 spiro atoms. The van der Waals surface area contributed by atoms with E-state index in [1.54, 1.807) is 31.2 Å². The first-order chi connectivity index (χ1) is 9.05. The van der Waals surface area contributed by atoms with Gasteiger partial charge in [-0.1, -0.05) is 39.8 Å². The van der Waals surface area contributed by atoms with Gasteiger partial charge in [-0.15, -0.1) is 0 Å². The molecule has 0 saturated carbocycles. The molecule has 1 aromatic carbocycles. The molecule has 0 aliphatic carbocycles. The normalized spacial score (nSPS) is 15.8. The molecule has 2 nitrogen and oxygen atoms in total. The van der Waals surface area contributed by atoms with Crippen molar-refractivity contribution in [3.63, 3.8) is 0 Å². The number of nitrogens with two attached hydrogens (primary N) is 1. The van der Waals surface area contributed by atoms with E-state index in [-0.39, 0.29) is 17.6 Å². The zero-order valence-corrected chi connectivity index (χ0v) is 12.3. The summed E-state index contributed by atoms with van der Waals surface area (Å²) in [6.07, 6.45) is -6.25. The summed E-state index contributed by atoms with van der Waals surface area (Å²) < 4.78 is 43.8. The molecule has 0 bridgehead atoms. The van der Waals surface area contributed by atoms with Crippen LogP contribution in [0.3, 0.4) is 0 Å². The molecule has 0 heterocycles. The molecule has 1 rings (SSSR count). The van der Waals surface area contributed by atoms with Crippen LogP contribution in [0.4, 0.5) is 13.2 Å². The summed E-state index contributed by atoms with van der Waals surface area (Å²) >= 11 is 0. The first-order valence-corrected chi connectivity index (χ1v) is 6.65. The van der Waals surface area contributed by atoms with Crippen molar-refractivity contribution in [1.29, 1.82) is 0 Å². The van der Waals surface area contributed by atoms with Gasteiger partial charge in [0, 0.05) is 0 Å². The molecule has 2 atom stereocenters. The monoisotopic (exact) mass is 289 g/mol. The average Bonchev–Trinajstić information content (AvgIpc) is 2.33. The SMILES string of the molecule is CCC(N)C(Oc1ccc(C(C)(C)C)cc1)C(F)(F)F. The fourth-order valence-corrected chi connectivity index (χ4v) is 1.79. The third kappa shape index (κ3) is 4.40. The quantitative estimate of drug-likeness (QED) is 0.908. The van der Waals surface area contributed by atoms with Gasteiger partial charge in [0.1, 0.15) is 5.75 Å². The molecular weight excluding hydrogens is 267 g/mol. The lowest BCUT2D eigenvalue weighted by Gasteiger charge is -2.27. The van der Waals surface area contributed by atoms with Gasteiger partial charge in [0.2, 0.25) is 6.10 Å². The summed E-state index contributed by atoms with van der Waals surface area (Å²) in [5, 5.41) is 0. The lowest BCUT2D eigenvalue weighted by molar-refractivity contribution is -0.200. The minimum Gasteiger partial charge on any atom is -0.479 e. The maximum absolute atomic E-state index is 12.9. The Morgan fingerprint density at radius 3 is 1.95 bits per heavy atom. The van der Waals surface area contributed by atoms with E-state index in [1.807, 2.05) is 20.8 Å². The second kappa shape index (κ2) is 6.04. The standard InChI is InChI=1S/C15H22F3NO/c1-5-12(19)13(15(16,17)18)20-11-8-6-10(7-9-11)14(2,3)4/h6-9,12-13H,5,19H2,1-4H3. The highest BCUT2D eigenvalue weighted by Gasteiger charge is 2.45. The highest BCUT2D eigenvalue weighted by atomic mass is 19.4. The van der Waals surface area contributed by atoms with Crippen molar-refractivity contribution in [3.05, 3.63) is 29.8 Å². The number of halogens is 3. The topological polar surface area (TPSA) is 35.2 Å². The van der Waals surface area contributed by atoms with Gasteiger partial charge in [-0.25, -0.2) is 0 Å². The summed E-state index contributed by atoms with van der Waals surface area (Å²) in [6, 6.07) is 5.60. The molecule has 0 aliphatic rings. The third-order valence-electron chi connectivity index (χ3n) is 3.17. The number of hydrogen-bond acceptors (Lipinski definition) is 2. The Bertz CT molecular complexity index is 420. The van der Waals surface area contributed by atoms with Crippen molar-refractivity contribution >= 4 is 0 Å². The Morgan fingerprint density at radius 2 is 1.60 bits per heavy atom. The Labute approximate surface area is 118 Å². The predicted octanol–water partition coefficient (Wildman–Crippen LogP) is 4.03. The van der Waals surface area contributed by atoms with E-state index in [4.69, 9.17) is 10.5 Å². The van der Waals surface area contributed by atoms with Gasteiger partial charge in [-0.2, -0.15) is 13.2 Å². The van der Waals surface area contributed by atoms with Crippen molar-refractivity contribution in [2.45, 2.75) is 57.9 Å². The van der Waals surface area contributed by atoms with Crippen LogP contribution < -0.4 is 10.5 Å². The molecule has 20 heavy (non-hydrogen) atoms. The zero-order chi connectivity index (χ0) is 15.6. The van der Waals surface area contributed by atoms with E-state index in [0.29, 0.717) is 0 Å². The first kappa shape index (κ1) is 16.8. The van der Waals surface area contributed by atoms with E-state index in [1.165, 1.54) is 0 Å². The van der Waals surface area contributed by atoms with Crippen LogP contribution in [0.25, 0.3) is 0 Å². The van der Waals surface area contributed by atoms with Crippen molar-refractivity contribution < 1.29 is 17.9 Å². The van der Waals surface area contributed by atoms with Gasteiger partial charge in [0.25, 0.3) is 0 Å². The molecule has 0 aliphatic heterocycles. The minimum absolute atomic E-state index is 0.0538. The van der Waals surface area contributed by atoms with Crippen molar-refractivity contribution in [3.8, 4) is 5.75 Å². The van der Waals surface area contributed by atoms with Gasteiger partial charge in [0.05, 0.1) is 6.04 Å². The van der Waals surface area contributed by atoms with Gasteiger partial charge in [0.15, 0.2) is 0 Å². The van der Waals surface area contributed by atoms with Crippen LogP contribution in [-0.2, 0) is 5.41 Å².